The number of halogens is 2. The highest BCUT2D eigenvalue weighted by Gasteiger charge is 2.07. The summed E-state index contributed by atoms with van der Waals surface area (Å²) >= 11 is 11.8. The van der Waals surface area contributed by atoms with Gasteiger partial charge in [-0.05, 0) is 42.5 Å². The lowest BCUT2D eigenvalue weighted by atomic mass is 10.2. The SMILES string of the molecule is O=C(NNc1ccnc2cc(Cl)ccc12)c1cccc(Cl)c1. The van der Waals surface area contributed by atoms with E-state index >= 15 is 0 Å². The second-order valence-corrected chi connectivity index (χ2v) is 5.48. The van der Waals surface area contributed by atoms with Crippen molar-refractivity contribution in [3.05, 3.63) is 70.3 Å². The summed E-state index contributed by atoms with van der Waals surface area (Å²) in [5, 5.41) is 1.98. The molecule has 1 amide bonds. The van der Waals surface area contributed by atoms with Crippen molar-refractivity contribution in [3.63, 3.8) is 0 Å². The highest BCUT2D eigenvalue weighted by molar-refractivity contribution is 6.31. The van der Waals surface area contributed by atoms with E-state index in [0.717, 1.165) is 16.6 Å². The van der Waals surface area contributed by atoms with E-state index < -0.39 is 0 Å². The Labute approximate surface area is 137 Å². The van der Waals surface area contributed by atoms with Crippen molar-refractivity contribution >= 4 is 45.7 Å². The Balaban J connectivity index is 1.81. The van der Waals surface area contributed by atoms with Gasteiger partial charge in [0.25, 0.3) is 5.91 Å². The zero-order valence-electron chi connectivity index (χ0n) is 11.3. The van der Waals surface area contributed by atoms with Crippen LogP contribution in [0.25, 0.3) is 10.9 Å². The Morgan fingerprint density at radius 1 is 1.00 bits per heavy atom. The Morgan fingerprint density at radius 2 is 1.82 bits per heavy atom. The molecule has 4 nitrogen and oxygen atoms in total. The number of carbonyl (C=O) groups excluding carboxylic acids is 1. The highest BCUT2D eigenvalue weighted by atomic mass is 35.5. The number of rotatable bonds is 3. The molecule has 2 N–H and O–H groups in total. The third-order valence-electron chi connectivity index (χ3n) is 3.10. The summed E-state index contributed by atoms with van der Waals surface area (Å²) in [7, 11) is 0. The lowest BCUT2D eigenvalue weighted by molar-refractivity contribution is 0.0962. The first-order valence-corrected chi connectivity index (χ1v) is 7.25. The van der Waals surface area contributed by atoms with E-state index in [4.69, 9.17) is 23.2 Å². The summed E-state index contributed by atoms with van der Waals surface area (Å²) in [5.41, 5.74) is 7.49. The molecule has 0 radical (unpaired) electrons. The quantitative estimate of drug-likeness (QED) is 0.703. The molecular weight excluding hydrogens is 321 g/mol. The molecule has 2 aromatic carbocycles. The van der Waals surface area contributed by atoms with Crippen molar-refractivity contribution in [3.8, 4) is 0 Å². The van der Waals surface area contributed by atoms with E-state index in [2.05, 4.69) is 15.8 Å². The minimum absolute atomic E-state index is 0.276. The second-order valence-electron chi connectivity index (χ2n) is 4.61. The number of fused-ring (bicyclic) bond motifs is 1. The minimum atomic E-state index is -0.276. The Morgan fingerprint density at radius 3 is 2.64 bits per heavy atom. The maximum absolute atomic E-state index is 12.1. The topological polar surface area (TPSA) is 54.0 Å². The van der Waals surface area contributed by atoms with E-state index in [-0.39, 0.29) is 5.91 Å². The summed E-state index contributed by atoms with van der Waals surface area (Å²) in [6.07, 6.45) is 1.65. The van der Waals surface area contributed by atoms with Gasteiger partial charge in [-0.2, -0.15) is 0 Å². The number of hydrogen-bond acceptors (Lipinski definition) is 3. The number of anilines is 1. The molecule has 0 spiro atoms. The first-order chi connectivity index (χ1) is 10.6. The van der Waals surface area contributed by atoms with Crippen LogP contribution in [0.2, 0.25) is 10.0 Å². The van der Waals surface area contributed by atoms with Crippen LogP contribution in [0.5, 0.6) is 0 Å². The Kier molecular flexibility index (Phi) is 4.13. The lowest BCUT2D eigenvalue weighted by Crippen LogP contribution is -2.29. The predicted octanol–water partition coefficient (Wildman–Crippen LogP) is 4.30. The minimum Gasteiger partial charge on any atom is -0.298 e. The number of amides is 1. The standard InChI is InChI=1S/C16H11Cl2N3O/c17-11-3-1-2-10(8-11)16(22)21-20-14-6-7-19-15-9-12(18)4-5-13(14)15/h1-9H,(H,19,20)(H,21,22). The average molecular weight is 332 g/mol. The summed E-state index contributed by atoms with van der Waals surface area (Å²) in [5.74, 6) is -0.276. The molecule has 0 atom stereocenters. The van der Waals surface area contributed by atoms with Crippen LogP contribution >= 0.6 is 23.2 Å². The zero-order chi connectivity index (χ0) is 15.5. The smallest absolute Gasteiger partial charge is 0.269 e. The van der Waals surface area contributed by atoms with E-state index in [1.807, 2.05) is 6.07 Å². The molecule has 0 saturated carbocycles. The number of nitrogens with zero attached hydrogens (tertiary/aromatic N) is 1. The van der Waals surface area contributed by atoms with Gasteiger partial charge >= 0.3 is 0 Å². The molecule has 22 heavy (non-hydrogen) atoms. The molecular formula is C16H11Cl2N3O. The molecule has 0 unspecified atom stereocenters. The fourth-order valence-electron chi connectivity index (χ4n) is 2.06. The van der Waals surface area contributed by atoms with Crippen LogP contribution in [0.3, 0.4) is 0 Å². The molecule has 6 heteroatoms. The van der Waals surface area contributed by atoms with Crippen molar-refractivity contribution in [2.24, 2.45) is 0 Å². The molecule has 1 aromatic heterocycles. The second kappa shape index (κ2) is 6.22. The van der Waals surface area contributed by atoms with Gasteiger partial charge in [0.05, 0.1) is 11.2 Å². The van der Waals surface area contributed by atoms with Crippen LogP contribution in [0.1, 0.15) is 10.4 Å². The van der Waals surface area contributed by atoms with Crippen LogP contribution in [-0.2, 0) is 0 Å². The molecule has 0 bridgehead atoms. The number of hydrogen-bond donors (Lipinski definition) is 2. The number of carbonyl (C=O) groups is 1. The molecule has 3 aromatic rings. The van der Waals surface area contributed by atoms with Gasteiger partial charge in [0.15, 0.2) is 0 Å². The molecule has 0 aliphatic rings. The summed E-state index contributed by atoms with van der Waals surface area (Å²) in [4.78, 5) is 16.3. The fraction of sp³-hybridized carbons (Fsp3) is 0. The van der Waals surface area contributed by atoms with Gasteiger partial charge in [0.1, 0.15) is 0 Å². The first-order valence-electron chi connectivity index (χ1n) is 6.50. The Hall–Kier alpha value is -2.30. The first kappa shape index (κ1) is 14.6. The summed E-state index contributed by atoms with van der Waals surface area (Å²) < 4.78 is 0. The van der Waals surface area contributed by atoms with E-state index in [1.54, 1.807) is 48.7 Å². The normalized spacial score (nSPS) is 10.5. The van der Waals surface area contributed by atoms with Crippen LogP contribution < -0.4 is 10.9 Å². The van der Waals surface area contributed by atoms with Crippen LogP contribution in [0.15, 0.2) is 54.7 Å². The summed E-state index contributed by atoms with van der Waals surface area (Å²) in [6.45, 7) is 0. The van der Waals surface area contributed by atoms with Gasteiger partial charge in [-0.1, -0.05) is 29.3 Å². The number of nitrogens with one attached hydrogen (secondary N) is 2. The summed E-state index contributed by atoms with van der Waals surface area (Å²) in [6, 6.07) is 13.9. The van der Waals surface area contributed by atoms with Gasteiger partial charge in [-0.25, -0.2) is 0 Å². The average Bonchev–Trinajstić information content (AvgIpc) is 2.52. The van der Waals surface area contributed by atoms with Crippen molar-refractivity contribution < 1.29 is 4.79 Å². The lowest BCUT2D eigenvalue weighted by Gasteiger charge is -2.11. The van der Waals surface area contributed by atoms with Crippen molar-refractivity contribution in [1.29, 1.82) is 0 Å². The maximum atomic E-state index is 12.1. The number of hydrazine groups is 1. The van der Waals surface area contributed by atoms with E-state index in [1.165, 1.54) is 0 Å². The fourth-order valence-corrected chi connectivity index (χ4v) is 2.41. The van der Waals surface area contributed by atoms with E-state index in [0.29, 0.717) is 15.6 Å². The van der Waals surface area contributed by atoms with E-state index in [9.17, 15) is 4.79 Å². The molecule has 0 saturated heterocycles. The van der Waals surface area contributed by atoms with Gasteiger partial charge in [-0.15, -0.1) is 0 Å². The largest absolute Gasteiger partial charge is 0.298 e. The molecule has 0 fully saturated rings. The molecule has 0 aliphatic heterocycles. The van der Waals surface area contributed by atoms with Gasteiger partial charge < -0.3 is 0 Å². The monoisotopic (exact) mass is 331 g/mol. The van der Waals surface area contributed by atoms with Crippen molar-refractivity contribution in [2.75, 3.05) is 5.43 Å². The molecule has 3 rings (SSSR count). The number of aromatic nitrogens is 1. The van der Waals surface area contributed by atoms with Crippen LogP contribution in [-0.4, -0.2) is 10.9 Å². The number of benzene rings is 2. The van der Waals surface area contributed by atoms with Gasteiger partial charge in [-0.3, -0.25) is 20.6 Å². The molecule has 1 heterocycles. The third kappa shape index (κ3) is 3.13. The van der Waals surface area contributed by atoms with Crippen LogP contribution in [0, 0.1) is 0 Å². The zero-order valence-corrected chi connectivity index (χ0v) is 12.8. The predicted molar refractivity (Wildman–Crippen MR) is 89.3 cm³/mol. The highest BCUT2D eigenvalue weighted by Crippen LogP contribution is 2.23. The van der Waals surface area contributed by atoms with Gasteiger partial charge in [0.2, 0.25) is 0 Å². The van der Waals surface area contributed by atoms with Crippen LogP contribution in [0.4, 0.5) is 5.69 Å². The molecule has 110 valence electrons. The third-order valence-corrected chi connectivity index (χ3v) is 3.57. The van der Waals surface area contributed by atoms with Crippen molar-refractivity contribution in [2.45, 2.75) is 0 Å². The molecule has 0 aliphatic carbocycles. The van der Waals surface area contributed by atoms with Gasteiger partial charge in [0, 0.05) is 27.2 Å². The number of pyridine rings is 1. The maximum Gasteiger partial charge on any atom is 0.269 e. The Bertz CT molecular complexity index is 852. The van der Waals surface area contributed by atoms with Crippen molar-refractivity contribution in [1.82, 2.24) is 10.4 Å².